The maximum absolute atomic E-state index is 12.4. The zero-order chi connectivity index (χ0) is 15.5. The third kappa shape index (κ3) is 3.91. The Labute approximate surface area is 133 Å². The molecule has 2 aromatic rings. The quantitative estimate of drug-likeness (QED) is 0.851. The number of halogens is 1. The van der Waals surface area contributed by atoms with Gasteiger partial charge in [0.05, 0.1) is 11.5 Å². The van der Waals surface area contributed by atoms with Crippen LogP contribution in [0, 0.1) is 6.92 Å². The van der Waals surface area contributed by atoms with Crippen LogP contribution >= 0.6 is 15.9 Å². The highest BCUT2D eigenvalue weighted by atomic mass is 79.9. The molecule has 0 atom stereocenters. The van der Waals surface area contributed by atoms with Crippen molar-refractivity contribution in [1.29, 1.82) is 0 Å². The van der Waals surface area contributed by atoms with Gasteiger partial charge >= 0.3 is 0 Å². The molecule has 2 aromatic carbocycles. The first-order chi connectivity index (χ1) is 9.94. The molecule has 0 aromatic heterocycles. The van der Waals surface area contributed by atoms with Crippen molar-refractivity contribution in [1.82, 2.24) is 4.72 Å². The summed E-state index contributed by atoms with van der Waals surface area (Å²) in [5.41, 5.74) is 2.05. The molecule has 0 spiro atoms. The van der Waals surface area contributed by atoms with Crippen LogP contribution < -0.4 is 4.72 Å². The largest absolute Gasteiger partial charge is 0.392 e. The molecule has 4 nitrogen and oxygen atoms in total. The van der Waals surface area contributed by atoms with E-state index in [2.05, 4.69) is 20.7 Å². The maximum Gasteiger partial charge on any atom is 0.241 e. The van der Waals surface area contributed by atoms with Crippen molar-refractivity contribution in [3.8, 4) is 0 Å². The molecule has 0 fully saturated rings. The topological polar surface area (TPSA) is 66.4 Å². The number of nitrogens with one attached hydrogen (secondary N) is 1. The molecule has 0 amide bonds. The molecular formula is C15H16BrNO3S. The molecule has 0 saturated heterocycles. The van der Waals surface area contributed by atoms with Crippen molar-refractivity contribution in [3.05, 3.63) is 63.6 Å². The lowest BCUT2D eigenvalue weighted by atomic mass is 10.1. The van der Waals surface area contributed by atoms with E-state index in [1.807, 2.05) is 24.3 Å². The zero-order valence-electron chi connectivity index (χ0n) is 11.5. The van der Waals surface area contributed by atoms with Crippen molar-refractivity contribution in [2.75, 3.05) is 0 Å². The second kappa shape index (κ2) is 6.70. The van der Waals surface area contributed by atoms with Gasteiger partial charge in [-0.15, -0.1) is 0 Å². The van der Waals surface area contributed by atoms with Gasteiger partial charge in [0.15, 0.2) is 0 Å². The van der Waals surface area contributed by atoms with Crippen LogP contribution in [0.4, 0.5) is 0 Å². The fraction of sp³-hybridized carbons (Fsp3) is 0.200. The Morgan fingerprint density at radius 1 is 1.19 bits per heavy atom. The first-order valence-corrected chi connectivity index (χ1v) is 8.65. The van der Waals surface area contributed by atoms with E-state index in [1.54, 1.807) is 19.1 Å². The summed E-state index contributed by atoms with van der Waals surface area (Å²) in [7, 11) is -3.61. The van der Waals surface area contributed by atoms with Crippen molar-refractivity contribution < 1.29 is 13.5 Å². The summed E-state index contributed by atoms with van der Waals surface area (Å²) in [4.78, 5) is 0.198. The Morgan fingerprint density at radius 2 is 1.90 bits per heavy atom. The van der Waals surface area contributed by atoms with Gasteiger partial charge in [0.1, 0.15) is 0 Å². The molecule has 112 valence electrons. The van der Waals surface area contributed by atoms with Gasteiger partial charge in [0.2, 0.25) is 10.0 Å². The molecule has 0 unspecified atom stereocenters. The molecule has 0 aliphatic heterocycles. The van der Waals surface area contributed by atoms with E-state index >= 15 is 0 Å². The Morgan fingerprint density at radius 3 is 2.57 bits per heavy atom. The second-order valence-corrected chi connectivity index (χ2v) is 7.30. The lowest BCUT2D eigenvalue weighted by Gasteiger charge is -2.12. The van der Waals surface area contributed by atoms with E-state index in [4.69, 9.17) is 0 Å². The lowest BCUT2D eigenvalue weighted by molar-refractivity contribution is 0.280. The molecule has 0 aliphatic rings. The van der Waals surface area contributed by atoms with Crippen LogP contribution in [0.1, 0.15) is 16.7 Å². The van der Waals surface area contributed by atoms with Crippen LogP contribution in [-0.2, 0) is 23.2 Å². The molecule has 0 bridgehead atoms. The van der Waals surface area contributed by atoms with E-state index in [-0.39, 0.29) is 18.0 Å². The fourth-order valence-electron chi connectivity index (χ4n) is 2.03. The summed E-state index contributed by atoms with van der Waals surface area (Å²) in [6.45, 7) is 1.73. The number of hydrogen-bond acceptors (Lipinski definition) is 3. The van der Waals surface area contributed by atoms with Gasteiger partial charge in [-0.3, -0.25) is 0 Å². The van der Waals surface area contributed by atoms with Gasteiger partial charge in [0, 0.05) is 11.0 Å². The first-order valence-electron chi connectivity index (χ1n) is 6.37. The van der Waals surface area contributed by atoms with Crippen LogP contribution in [0.25, 0.3) is 0 Å². The average molecular weight is 370 g/mol. The third-order valence-electron chi connectivity index (χ3n) is 3.21. The van der Waals surface area contributed by atoms with E-state index < -0.39 is 10.0 Å². The van der Waals surface area contributed by atoms with Gasteiger partial charge in [-0.1, -0.05) is 40.2 Å². The predicted molar refractivity (Wildman–Crippen MR) is 85.3 cm³/mol. The van der Waals surface area contributed by atoms with Crippen molar-refractivity contribution in [2.45, 2.75) is 25.0 Å². The third-order valence-corrected chi connectivity index (χ3v) is 5.25. The highest BCUT2D eigenvalue weighted by molar-refractivity contribution is 9.10. The normalized spacial score (nSPS) is 11.6. The number of rotatable bonds is 5. The zero-order valence-corrected chi connectivity index (χ0v) is 13.9. The fourth-order valence-corrected chi connectivity index (χ4v) is 3.78. The summed E-state index contributed by atoms with van der Waals surface area (Å²) >= 11 is 3.35. The molecular weight excluding hydrogens is 354 g/mol. The molecule has 21 heavy (non-hydrogen) atoms. The van der Waals surface area contributed by atoms with Gasteiger partial charge in [-0.25, -0.2) is 13.1 Å². The molecule has 0 radical (unpaired) electrons. The van der Waals surface area contributed by atoms with Crippen LogP contribution in [0.3, 0.4) is 0 Å². The minimum Gasteiger partial charge on any atom is -0.392 e. The predicted octanol–water partition coefficient (Wildman–Crippen LogP) is 2.73. The van der Waals surface area contributed by atoms with Gasteiger partial charge in [-0.05, 0) is 41.8 Å². The van der Waals surface area contributed by atoms with Gasteiger partial charge in [0.25, 0.3) is 0 Å². The number of benzene rings is 2. The highest BCUT2D eigenvalue weighted by Gasteiger charge is 2.17. The Kier molecular flexibility index (Phi) is 5.16. The summed E-state index contributed by atoms with van der Waals surface area (Å²) < 4.78 is 28.2. The Bertz CT molecular complexity index is 744. The smallest absolute Gasteiger partial charge is 0.241 e. The Hall–Kier alpha value is -1.21. The van der Waals surface area contributed by atoms with E-state index in [9.17, 15) is 13.5 Å². The van der Waals surface area contributed by atoms with Crippen LogP contribution in [0.2, 0.25) is 0 Å². The van der Waals surface area contributed by atoms with Crippen LogP contribution in [0.15, 0.2) is 51.8 Å². The standard InChI is InChI=1S/C15H16BrNO3S/c1-11-13(10-18)5-3-7-15(11)21(19,20)17-9-12-4-2-6-14(16)8-12/h2-8,17-18H,9-10H2,1H3. The van der Waals surface area contributed by atoms with Crippen molar-refractivity contribution in [2.24, 2.45) is 0 Å². The van der Waals surface area contributed by atoms with E-state index in [1.165, 1.54) is 6.07 Å². The molecule has 2 N–H and O–H groups in total. The SMILES string of the molecule is Cc1c(CO)cccc1S(=O)(=O)NCc1cccc(Br)c1. The molecule has 0 heterocycles. The number of hydrogen-bond donors (Lipinski definition) is 2. The molecule has 6 heteroatoms. The van der Waals surface area contributed by atoms with Crippen LogP contribution in [-0.4, -0.2) is 13.5 Å². The first kappa shape index (κ1) is 16.2. The summed E-state index contributed by atoms with van der Waals surface area (Å²) in [6, 6.07) is 12.3. The second-order valence-electron chi connectivity index (χ2n) is 4.65. The van der Waals surface area contributed by atoms with Crippen LogP contribution in [0.5, 0.6) is 0 Å². The monoisotopic (exact) mass is 369 g/mol. The summed E-state index contributed by atoms with van der Waals surface area (Å²) in [5, 5.41) is 9.23. The van der Waals surface area contributed by atoms with E-state index in [0.717, 1.165) is 10.0 Å². The highest BCUT2D eigenvalue weighted by Crippen LogP contribution is 2.19. The van der Waals surface area contributed by atoms with Crippen molar-refractivity contribution >= 4 is 26.0 Å². The Balaban J connectivity index is 2.23. The lowest BCUT2D eigenvalue weighted by Crippen LogP contribution is -2.24. The summed E-state index contributed by atoms with van der Waals surface area (Å²) in [6.07, 6.45) is 0. The van der Waals surface area contributed by atoms with E-state index in [0.29, 0.717) is 11.1 Å². The molecule has 2 rings (SSSR count). The van der Waals surface area contributed by atoms with Gasteiger partial charge in [-0.2, -0.15) is 0 Å². The number of aliphatic hydroxyl groups excluding tert-OH is 1. The molecule has 0 saturated carbocycles. The maximum atomic E-state index is 12.4. The minimum atomic E-state index is -3.61. The number of sulfonamides is 1. The molecule has 0 aliphatic carbocycles. The summed E-state index contributed by atoms with van der Waals surface area (Å²) in [5.74, 6) is 0. The van der Waals surface area contributed by atoms with Gasteiger partial charge < -0.3 is 5.11 Å². The average Bonchev–Trinajstić information content (AvgIpc) is 2.45. The minimum absolute atomic E-state index is 0.180. The van der Waals surface area contributed by atoms with Crippen molar-refractivity contribution in [3.63, 3.8) is 0 Å². The number of aliphatic hydroxyl groups is 1.